The monoisotopic (exact) mass is 436 g/mol. The molecule has 1 saturated carbocycles. The van der Waals surface area contributed by atoms with E-state index in [1.165, 1.54) is 11.8 Å². The second-order valence-corrected chi connectivity index (χ2v) is 9.09. The predicted octanol–water partition coefficient (Wildman–Crippen LogP) is 4.69. The summed E-state index contributed by atoms with van der Waals surface area (Å²) in [5.74, 6) is 2.00. The maximum Gasteiger partial charge on any atom is 0.266 e. The average Bonchev–Trinajstić information content (AvgIpc) is 3.32. The van der Waals surface area contributed by atoms with Gasteiger partial charge in [0.15, 0.2) is 16.7 Å². The van der Waals surface area contributed by atoms with Gasteiger partial charge in [0.1, 0.15) is 4.33 Å². The Morgan fingerprint density at radius 2 is 1.89 bits per heavy atom. The molecule has 1 aliphatic rings. The molecular weight excluding hydrogens is 419 g/mol. The standard InChI is InChI=1S/C20H18Cl2N2O3S/c1-26-16-8-7-13(9-17(16)27-2)24-18(25)14-5-3-4-6-15(14)23-19(24)28-11-12-10-20(12,21)22/h3-9,12H,10-11H2,1-2H3. The van der Waals surface area contributed by atoms with Crippen LogP contribution in [0.25, 0.3) is 16.6 Å². The summed E-state index contributed by atoms with van der Waals surface area (Å²) in [6.45, 7) is 0. The normalized spacial score (nSPS) is 17.5. The van der Waals surface area contributed by atoms with E-state index >= 15 is 0 Å². The molecule has 0 N–H and O–H groups in total. The van der Waals surface area contributed by atoms with E-state index in [9.17, 15) is 4.79 Å². The summed E-state index contributed by atoms with van der Waals surface area (Å²) in [6, 6.07) is 12.7. The van der Waals surface area contributed by atoms with E-state index in [-0.39, 0.29) is 11.5 Å². The zero-order valence-electron chi connectivity index (χ0n) is 15.3. The van der Waals surface area contributed by atoms with Crippen molar-refractivity contribution in [3.8, 4) is 17.2 Å². The van der Waals surface area contributed by atoms with Gasteiger partial charge in [-0.15, -0.1) is 23.2 Å². The summed E-state index contributed by atoms with van der Waals surface area (Å²) in [6.07, 6.45) is 0.747. The highest BCUT2D eigenvalue weighted by Crippen LogP contribution is 2.54. The van der Waals surface area contributed by atoms with E-state index in [1.807, 2.05) is 24.3 Å². The number of fused-ring (bicyclic) bond motifs is 1. The molecule has 1 aliphatic carbocycles. The Bertz CT molecular complexity index is 1100. The molecule has 8 heteroatoms. The Morgan fingerprint density at radius 1 is 1.18 bits per heavy atom. The van der Waals surface area contributed by atoms with Crippen LogP contribution in [0.3, 0.4) is 0 Å². The first kappa shape index (κ1) is 19.4. The number of alkyl halides is 2. The van der Waals surface area contributed by atoms with Crippen molar-refractivity contribution in [3.63, 3.8) is 0 Å². The molecule has 2 aromatic carbocycles. The van der Waals surface area contributed by atoms with Crippen LogP contribution in [0, 0.1) is 5.92 Å². The number of methoxy groups -OCH3 is 2. The van der Waals surface area contributed by atoms with Crippen molar-refractivity contribution in [2.75, 3.05) is 20.0 Å². The largest absolute Gasteiger partial charge is 0.493 e. The van der Waals surface area contributed by atoms with Crippen molar-refractivity contribution in [2.24, 2.45) is 5.92 Å². The van der Waals surface area contributed by atoms with Gasteiger partial charge in [-0.3, -0.25) is 9.36 Å². The fourth-order valence-electron chi connectivity index (χ4n) is 3.03. The van der Waals surface area contributed by atoms with Crippen LogP contribution in [0.4, 0.5) is 0 Å². The van der Waals surface area contributed by atoms with Crippen molar-refractivity contribution >= 4 is 45.9 Å². The van der Waals surface area contributed by atoms with Crippen molar-refractivity contribution in [3.05, 3.63) is 52.8 Å². The molecule has 4 rings (SSSR count). The first-order chi connectivity index (χ1) is 13.4. The highest BCUT2D eigenvalue weighted by molar-refractivity contribution is 7.99. The van der Waals surface area contributed by atoms with Crippen LogP contribution in [0.1, 0.15) is 6.42 Å². The van der Waals surface area contributed by atoms with E-state index in [4.69, 9.17) is 37.7 Å². The van der Waals surface area contributed by atoms with Crippen molar-refractivity contribution in [1.82, 2.24) is 9.55 Å². The lowest BCUT2D eigenvalue weighted by atomic mass is 10.2. The second kappa shape index (κ2) is 7.50. The lowest BCUT2D eigenvalue weighted by molar-refractivity contribution is 0.354. The highest BCUT2D eigenvalue weighted by Gasteiger charge is 2.51. The van der Waals surface area contributed by atoms with Crippen LogP contribution in [-0.4, -0.2) is 33.9 Å². The molecule has 28 heavy (non-hydrogen) atoms. The zero-order chi connectivity index (χ0) is 19.9. The molecular formula is C20H18Cl2N2O3S. The molecule has 1 atom stereocenters. The minimum atomic E-state index is -0.668. The molecule has 3 aromatic rings. The van der Waals surface area contributed by atoms with E-state index in [1.54, 1.807) is 37.0 Å². The number of benzene rings is 2. The lowest BCUT2D eigenvalue weighted by Gasteiger charge is -2.15. The van der Waals surface area contributed by atoms with Crippen LogP contribution in [0.15, 0.2) is 52.4 Å². The predicted molar refractivity (Wildman–Crippen MR) is 114 cm³/mol. The number of rotatable bonds is 6. The minimum Gasteiger partial charge on any atom is -0.493 e. The number of aromatic nitrogens is 2. The Hall–Kier alpha value is -1.89. The van der Waals surface area contributed by atoms with Gasteiger partial charge in [-0.05, 0) is 30.7 Å². The molecule has 1 aromatic heterocycles. The summed E-state index contributed by atoms with van der Waals surface area (Å²) in [5, 5.41) is 1.14. The summed E-state index contributed by atoms with van der Waals surface area (Å²) in [7, 11) is 3.13. The Kier molecular flexibility index (Phi) is 5.21. The average molecular weight is 437 g/mol. The maximum absolute atomic E-state index is 13.3. The maximum atomic E-state index is 13.3. The number of ether oxygens (including phenoxy) is 2. The smallest absolute Gasteiger partial charge is 0.266 e. The van der Waals surface area contributed by atoms with E-state index in [0.29, 0.717) is 39.0 Å². The summed E-state index contributed by atoms with van der Waals surface area (Å²) < 4.78 is 11.6. The molecule has 1 unspecified atom stereocenters. The Morgan fingerprint density at radius 3 is 2.57 bits per heavy atom. The van der Waals surface area contributed by atoms with Gasteiger partial charge in [0.05, 0.1) is 30.8 Å². The number of hydrogen-bond acceptors (Lipinski definition) is 5. The van der Waals surface area contributed by atoms with Gasteiger partial charge in [-0.2, -0.15) is 0 Å². The summed E-state index contributed by atoms with van der Waals surface area (Å²) >= 11 is 13.8. The van der Waals surface area contributed by atoms with Gasteiger partial charge in [0.2, 0.25) is 0 Å². The van der Waals surface area contributed by atoms with Gasteiger partial charge in [-0.1, -0.05) is 23.9 Å². The van der Waals surface area contributed by atoms with Gasteiger partial charge in [0, 0.05) is 17.7 Å². The SMILES string of the molecule is COc1ccc(-n2c(SCC3CC3(Cl)Cl)nc3ccccc3c2=O)cc1OC. The van der Waals surface area contributed by atoms with E-state index < -0.39 is 4.33 Å². The molecule has 5 nitrogen and oxygen atoms in total. The molecule has 0 aliphatic heterocycles. The molecule has 146 valence electrons. The van der Waals surface area contributed by atoms with Crippen LogP contribution in [0.2, 0.25) is 0 Å². The van der Waals surface area contributed by atoms with Crippen LogP contribution < -0.4 is 15.0 Å². The van der Waals surface area contributed by atoms with Crippen LogP contribution >= 0.6 is 35.0 Å². The first-order valence-corrected chi connectivity index (χ1v) is 10.4. The lowest BCUT2D eigenvalue weighted by Crippen LogP contribution is -2.22. The third-order valence-corrected chi connectivity index (χ3v) is 6.77. The van der Waals surface area contributed by atoms with Gasteiger partial charge < -0.3 is 9.47 Å². The molecule has 1 heterocycles. The fourth-order valence-corrected chi connectivity index (χ4v) is 4.97. The third kappa shape index (κ3) is 3.56. The van der Waals surface area contributed by atoms with Gasteiger partial charge >= 0.3 is 0 Å². The highest BCUT2D eigenvalue weighted by atomic mass is 35.5. The van der Waals surface area contributed by atoms with Crippen molar-refractivity contribution < 1.29 is 9.47 Å². The molecule has 0 amide bonds. The molecule has 0 radical (unpaired) electrons. The number of thioether (sulfide) groups is 1. The van der Waals surface area contributed by atoms with Crippen molar-refractivity contribution in [2.45, 2.75) is 15.9 Å². The van der Waals surface area contributed by atoms with Crippen LogP contribution in [0.5, 0.6) is 11.5 Å². The zero-order valence-corrected chi connectivity index (χ0v) is 17.6. The fraction of sp³-hybridized carbons (Fsp3) is 0.300. The number of nitrogens with zero attached hydrogens (tertiary/aromatic N) is 2. The van der Waals surface area contributed by atoms with Gasteiger partial charge in [0.25, 0.3) is 5.56 Å². The third-order valence-electron chi connectivity index (χ3n) is 4.74. The van der Waals surface area contributed by atoms with E-state index in [0.717, 1.165) is 6.42 Å². The molecule has 0 bridgehead atoms. The topological polar surface area (TPSA) is 53.4 Å². The quantitative estimate of drug-likeness (QED) is 0.318. The van der Waals surface area contributed by atoms with Crippen molar-refractivity contribution in [1.29, 1.82) is 0 Å². The first-order valence-electron chi connectivity index (χ1n) is 8.69. The number of hydrogen-bond donors (Lipinski definition) is 0. The summed E-state index contributed by atoms with van der Waals surface area (Å²) in [5.41, 5.74) is 1.17. The van der Waals surface area contributed by atoms with E-state index in [2.05, 4.69) is 0 Å². The van der Waals surface area contributed by atoms with Gasteiger partial charge in [-0.25, -0.2) is 4.98 Å². The molecule has 0 spiro atoms. The minimum absolute atomic E-state index is 0.140. The Balaban J connectivity index is 1.84. The summed E-state index contributed by atoms with van der Waals surface area (Å²) in [4.78, 5) is 18.0. The second-order valence-electron chi connectivity index (χ2n) is 6.56. The Labute approximate surface area is 176 Å². The molecule has 0 saturated heterocycles. The number of halogens is 2. The van der Waals surface area contributed by atoms with Crippen LogP contribution in [-0.2, 0) is 0 Å². The molecule has 1 fully saturated rings. The number of para-hydroxylation sites is 1.